The second-order valence-electron chi connectivity index (χ2n) is 8.19. The number of carbonyl (C=O) groups excluding carboxylic acids is 2. The number of Topliss-reactive ketones (excluding diaryl/α,β-unsaturated/α-hetero) is 1. The maximum absolute atomic E-state index is 13.2. The van der Waals surface area contributed by atoms with Crippen LogP contribution in [0.4, 0.5) is 0 Å². The van der Waals surface area contributed by atoms with Crippen molar-refractivity contribution in [2.24, 2.45) is 0 Å². The molecule has 0 aliphatic carbocycles. The molecule has 4 rings (SSSR count). The lowest BCUT2D eigenvalue weighted by atomic mass is 9.95. The maximum atomic E-state index is 13.2. The molecule has 1 fully saturated rings. The zero-order chi connectivity index (χ0) is 23.2. The Morgan fingerprint density at radius 3 is 2.58 bits per heavy atom. The van der Waals surface area contributed by atoms with Crippen LogP contribution in [0.3, 0.4) is 0 Å². The molecule has 1 aromatic carbocycles. The highest BCUT2D eigenvalue weighted by molar-refractivity contribution is 6.15. The van der Waals surface area contributed by atoms with Gasteiger partial charge in [-0.1, -0.05) is 25.5 Å². The average Bonchev–Trinajstić information content (AvgIpc) is 3.46. The van der Waals surface area contributed by atoms with Gasteiger partial charge in [0.15, 0.2) is 11.5 Å². The number of amides is 1. The van der Waals surface area contributed by atoms with E-state index in [1.165, 1.54) is 12.3 Å². The second-order valence-corrected chi connectivity index (χ2v) is 8.19. The van der Waals surface area contributed by atoms with E-state index in [-0.39, 0.29) is 11.3 Å². The summed E-state index contributed by atoms with van der Waals surface area (Å²) in [6, 6.07) is 9.78. The smallest absolute Gasteiger partial charge is 0.290 e. The molecule has 8 heteroatoms. The Morgan fingerprint density at radius 1 is 1.15 bits per heavy atom. The van der Waals surface area contributed by atoms with Gasteiger partial charge in [0.25, 0.3) is 5.91 Å². The zero-order valence-corrected chi connectivity index (χ0v) is 18.9. The van der Waals surface area contributed by atoms with Crippen molar-refractivity contribution in [3.63, 3.8) is 0 Å². The van der Waals surface area contributed by atoms with E-state index in [9.17, 15) is 14.7 Å². The first-order valence-electron chi connectivity index (χ1n) is 11.4. The first kappa shape index (κ1) is 23.1. The van der Waals surface area contributed by atoms with Crippen molar-refractivity contribution >= 4 is 11.7 Å². The van der Waals surface area contributed by atoms with Crippen LogP contribution in [0.5, 0.6) is 5.75 Å². The second kappa shape index (κ2) is 10.7. The Bertz CT molecular complexity index is 977. The number of morpholine rings is 1. The van der Waals surface area contributed by atoms with Gasteiger partial charge in [0.1, 0.15) is 5.75 Å². The SMILES string of the molecule is CCCCOc1ccc(C2C(C(=O)c3ccco3)=C(O)C(=O)N2CCN2CCOCC2)cc1. The van der Waals surface area contributed by atoms with Crippen LogP contribution in [0.2, 0.25) is 0 Å². The average molecular weight is 455 g/mol. The van der Waals surface area contributed by atoms with Gasteiger partial charge in [-0.15, -0.1) is 0 Å². The highest BCUT2D eigenvalue weighted by atomic mass is 16.5. The third-order valence-electron chi connectivity index (χ3n) is 6.02. The van der Waals surface area contributed by atoms with Crippen molar-refractivity contribution in [1.82, 2.24) is 9.80 Å². The number of ketones is 1. The van der Waals surface area contributed by atoms with Crippen molar-refractivity contribution in [2.45, 2.75) is 25.8 Å². The molecule has 1 amide bonds. The third kappa shape index (κ3) is 5.12. The summed E-state index contributed by atoms with van der Waals surface area (Å²) in [4.78, 5) is 30.0. The van der Waals surface area contributed by atoms with E-state index < -0.39 is 23.5 Å². The number of carbonyl (C=O) groups is 2. The van der Waals surface area contributed by atoms with Crippen molar-refractivity contribution in [3.05, 3.63) is 65.3 Å². The fourth-order valence-electron chi connectivity index (χ4n) is 4.16. The van der Waals surface area contributed by atoms with Crippen LogP contribution in [0.25, 0.3) is 0 Å². The van der Waals surface area contributed by atoms with Gasteiger partial charge in [-0.25, -0.2) is 0 Å². The number of rotatable bonds is 10. The monoisotopic (exact) mass is 454 g/mol. The van der Waals surface area contributed by atoms with Gasteiger partial charge in [-0.2, -0.15) is 0 Å². The summed E-state index contributed by atoms with van der Waals surface area (Å²) < 4.78 is 16.4. The maximum Gasteiger partial charge on any atom is 0.290 e. The number of unbranched alkanes of at least 4 members (excludes halogenated alkanes) is 1. The van der Waals surface area contributed by atoms with E-state index in [0.29, 0.717) is 32.9 Å². The molecule has 0 spiro atoms. The number of hydrogen-bond acceptors (Lipinski definition) is 7. The molecule has 176 valence electrons. The van der Waals surface area contributed by atoms with Crippen molar-refractivity contribution in [2.75, 3.05) is 46.0 Å². The van der Waals surface area contributed by atoms with E-state index in [1.807, 2.05) is 24.3 Å². The zero-order valence-electron chi connectivity index (χ0n) is 18.9. The first-order valence-corrected chi connectivity index (χ1v) is 11.4. The molecule has 0 saturated carbocycles. The van der Waals surface area contributed by atoms with Gasteiger partial charge in [0, 0.05) is 26.2 Å². The van der Waals surface area contributed by atoms with Crippen LogP contribution >= 0.6 is 0 Å². The van der Waals surface area contributed by atoms with Crippen molar-refractivity contribution in [3.8, 4) is 5.75 Å². The van der Waals surface area contributed by atoms with Crippen LogP contribution < -0.4 is 4.74 Å². The van der Waals surface area contributed by atoms with E-state index in [0.717, 1.165) is 37.2 Å². The van der Waals surface area contributed by atoms with Gasteiger partial charge in [0.05, 0.1) is 37.7 Å². The number of hydrogen-bond donors (Lipinski definition) is 1. The molecular weight excluding hydrogens is 424 g/mol. The highest BCUT2D eigenvalue weighted by Gasteiger charge is 2.44. The minimum Gasteiger partial charge on any atom is -0.503 e. The van der Waals surface area contributed by atoms with Gasteiger partial charge in [-0.3, -0.25) is 14.5 Å². The lowest BCUT2D eigenvalue weighted by Gasteiger charge is -2.31. The fourth-order valence-corrected chi connectivity index (χ4v) is 4.16. The minimum atomic E-state index is -0.708. The van der Waals surface area contributed by atoms with Crippen LogP contribution in [-0.4, -0.2) is 72.6 Å². The third-order valence-corrected chi connectivity index (χ3v) is 6.02. The molecule has 0 radical (unpaired) electrons. The minimum absolute atomic E-state index is 0.0385. The predicted molar refractivity (Wildman–Crippen MR) is 121 cm³/mol. The number of nitrogens with zero attached hydrogens (tertiary/aromatic N) is 2. The summed E-state index contributed by atoms with van der Waals surface area (Å²) >= 11 is 0. The Morgan fingerprint density at radius 2 is 1.91 bits per heavy atom. The molecule has 8 nitrogen and oxygen atoms in total. The number of furan rings is 1. The van der Waals surface area contributed by atoms with Crippen molar-refractivity contribution < 1.29 is 28.6 Å². The molecule has 1 unspecified atom stereocenters. The van der Waals surface area contributed by atoms with E-state index in [2.05, 4.69) is 11.8 Å². The predicted octanol–water partition coefficient (Wildman–Crippen LogP) is 3.37. The van der Waals surface area contributed by atoms with E-state index in [1.54, 1.807) is 11.0 Å². The van der Waals surface area contributed by atoms with Crippen LogP contribution in [0, 0.1) is 0 Å². The summed E-state index contributed by atoms with van der Waals surface area (Å²) in [5.74, 6) is -0.751. The quantitative estimate of drug-likeness (QED) is 0.435. The molecule has 1 N–H and O–H groups in total. The number of benzene rings is 1. The lowest BCUT2D eigenvalue weighted by Crippen LogP contribution is -2.43. The summed E-state index contributed by atoms with van der Waals surface area (Å²) in [7, 11) is 0. The Hall–Kier alpha value is -3.10. The van der Waals surface area contributed by atoms with Crippen LogP contribution in [0.1, 0.15) is 41.9 Å². The van der Waals surface area contributed by atoms with Gasteiger partial charge < -0.3 is 23.9 Å². The summed E-state index contributed by atoms with van der Waals surface area (Å²) in [6.45, 7) is 6.61. The summed E-state index contributed by atoms with van der Waals surface area (Å²) in [5.41, 5.74) is 0.767. The largest absolute Gasteiger partial charge is 0.503 e. The number of aliphatic hydroxyl groups is 1. The molecule has 2 aliphatic rings. The molecule has 3 heterocycles. The molecule has 2 aromatic rings. The van der Waals surface area contributed by atoms with Crippen LogP contribution in [0.15, 0.2) is 58.4 Å². The first-order chi connectivity index (χ1) is 16.1. The Kier molecular flexibility index (Phi) is 7.47. The standard InChI is InChI=1S/C25H30N2O6/c1-2-3-14-32-19-8-6-18(7-9-19)22-21(23(28)20-5-4-15-33-20)24(29)25(30)27(22)11-10-26-12-16-31-17-13-26/h4-9,15,22,29H,2-3,10-14,16-17H2,1H3. The van der Waals surface area contributed by atoms with Crippen molar-refractivity contribution in [1.29, 1.82) is 0 Å². The van der Waals surface area contributed by atoms with E-state index in [4.69, 9.17) is 13.9 Å². The molecule has 1 atom stereocenters. The number of aliphatic hydroxyl groups excluding tert-OH is 1. The Balaban J connectivity index is 1.60. The van der Waals surface area contributed by atoms with Gasteiger partial charge in [-0.05, 0) is 36.2 Å². The fraction of sp³-hybridized carbons (Fsp3) is 0.440. The molecule has 1 aromatic heterocycles. The molecular formula is C25H30N2O6. The number of ether oxygens (including phenoxy) is 2. The summed E-state index contributed by atoms with van der Waals surface area (Å²) in [5, 5.41) is 10.7. The highest BCUT2D eigenvalue weighted by Crippen LogP contribution is 2.39. The normalized spacial score (nSPS) is 19.4. The molecule has 1 saturated heterocycles. The van der Waals surface area contributed by atoms with Gasteiger partial charge >= 0.3 is 0 Å². The molecule has 2 aliphatic heterocycles. The summed E-state index contributed by atoms with van der Waals surface area (Å²) in [6.07, 6.45) is 3.41. The van der Waals surface area contributed by atoms with Crippen LogP contribution in [-0.2, 0) is 9.53 Å². The van der Waals surface area contributed by atoms with Gasteiger partial charge in [0.2, 0.25) is 5.78 Å². The Labute approximate surface area is 193 Å². The van der Waals surface area contributed by atoms with E-state index >= 15 is 0 Å². The lowest BCUT2D eigenvalue weighted by molar-refractivity contribution is -0.129. The topological polar surface area (TPSA) is 92.5 Å². The molecule has 0 bridgehead atoms. The molecule has 33 heavy (non-hydrogen) atoms.